The number of aromatic nitrogens is 2. The van der Waals surface area contributed by atoms with E-state index in [1.165, 1.54) is 12.8 Å². The van der Waals surface area contributed by atoms with Crippen LogP contribution in [0.5, 0.6) is 0 Å². The first kappa shape index (κ1) is 13.6. The molecule has 1 aromatic heterocycles. The van der Waals surface area contributed by atoms with Crippen molar-refractivity contribution in [1.29, 1.82) is 0 Å². The van der Waals surface area contributed by atoms with Gasteiger partial charge >= 0.3 is 0 Å². The second kappa shape index (κ2) is 5.95. The number of amides is 1. The summed E-state index contributed by atoms with van der Waals surface area (Å²) < 4.78 is 7.80. The highest BCUT2D eigenvalue weighted by molar-refractivity contribution is 5.80. The first-order valence-corrected chi connectivity index (χ1v) is 7.62. The van der Waals surface area contributed by atoms with Crippen molar-refractivity contribution in [2.24, 2.45) is 5.92 Å². The average Bonchev–Trinajstić information content (AvgIpc) is 3.15. The largest absolute Gasteiger partial charge is 0.368 e. The normalized spacial score (nSPS) is 24.6. The minimum Gasteiger partial charge on any atom is -0.368 e. The zero-order chi connectivity index (χ0) is 13.9. The number of likely N-dealkylation sites (tertiary alicyclic amines) is 1. The molecule has 2 aliphatic rings. The van der Waals surface area contributed by atoms with E-state index in [4.69, 9.17) is 4.74 Å². The van der Waals surface area contributed by atoms with Gasteiger partial charge in [0.15, 0.2) is 0 Å². The fourth-order valence-corrected chi connectivity index (χ4v) is 2.78. The van der Waals surface area contributed by atoms with Crippen LogP contribution < -0.4 is 0 Å². The summed E-state index contributed by atoms with van der Waals surface area (Å²) in [6.07, 6.45) is 9.97. The Morgan fingerprint density at radius 2 is 2.30 bits per heavy atom. The molecule has 2 atom stereocenters. The van der Waals surface area contributed by atoms with E-state index in [-0.39, 0.29) is 12.0 Å². The minimum atomic E-state index is -0.308. The van der Waals surface area contributed by atoms with Gasteiger partial charge in [0.2, 0.25) is 0 Å². The Kier molecular flexibility index (Phi) is 4.05. The van der Waals surface area contributed by atoms with Gasteiger partial charge in [-0.3, -0.25) is 4.79 Å². The summed E-state index contributed by atoms with van der Waals surface area (Å²) in [5.41, 5.74) is 0. The standard InChI is InChI=1S/C15H23N3O2/c1-12(20-10-13-4-5-13)15(19)17-7-2-3-14(9-17)18-8-6-16-11-18/h6,8,11-14H,2-5,7,9-10H2,1H3/t12-,14-/m1/s1. The Morgan fingerprint density at radius 1 is 1.45 bits per heavy atom. The van der Waals surface area contributed by atoms with Crippen molar-refractivity contribution in [2.45, 2.75) is 44.8 Å². The van der Waals surface area contributed by atoms with E-state index in [1.807, 2.05) is 24.3 Å². The van der Waals surface area contributed by atoms with E-state index in [2.05, 4.69) is 9.55 Å². The van der Waals surface area contributed by atoms with Gasteiger partial charge < -0.3 is 14.2 Å². The van der Waals surface area contributed by atoms with Gasteiger partial charge in [0.05, 0.1) is 19.0 Å². The van der Waals surface area contributed by atoms with Gasteiger partial charge in [0, 0.05) is 25.5 Å². The topological polar surface area (TPSA) is 47.4 Å². The van der Waals surface area contributed by atoms with Crippen molar-refractivity contribution in [3.05, 3.63) is 18.7 Å². The highest BCUT2D eigenvalue weighted by atomic mass is 16.5. The predicted molar refractivity (Wildman–Crippen MR) is 75.2 cm³/mol. The molecule has 20 heavy (non-hydrogen) atoms. The molecule has 3 rings (SSSR count). The molecule has 1 saturated carbocycles. The summed E-state index contributed by atoms with van der Waals surface area (Å²) in [4.78, 5) is 18.5. The summed E-state index contributed by atoms with van der Waals surface area (Å²) in [5, 5.41) is 0. The van der Waals surface area contributed by atoms with Crippen LogP contribution >= 0.6 is 0 Å². The van der Waals surface area contributed by atoms with Gasteiger partial charge in [-0.05, 0) is 38.5 Å². The molecule has 0 unspecified atom stereocenters. The maximum absolute atomic E-state index is 12.4. The number of hydrogen-bond donors (Lipinski definition) is 0. The number of hydrogen-bond acceptors (Lipinski definition) is 3. The van der Waals surface area contributed by atoms with Crippen LogP contribution in [0.3, 0.4) is 0 Å². The first-order chi connectivity index (χ1) is 9.74. The van der Waals surface area contributed by atoms with Crippen LogP contribution in [0.15, 0.2) is 18.7 Å². The molecule has 1 aliphatic heterocycles. The quantitative estimate of drug-likeness (QED) is 0.825. The van der Waals surface area contributed by atoms with E-state index in [0.717, 1.165) is 32.5 Å². The Morgan fingerprint density at radius 3 is 3.00 bits per heavy atom. The summed E-state index contributed by atoms with van der Waals surface area (Å²) in [7, 11) is 0. The lowest BCUT2D eigenvalue weighted by Crippen LogP contribution is -2.45. The molecule has 1 saturated heterocycles. The van der Waals surface area contributed by atoms with E-state index in [9.17, 15) is 4.79 Å². The van der Waals surface area contributed by atoms with Crippen molar-refractivity contribution in [3.8, 4) is 0 Å². The van der Waals surface area contributed by atoms with Crippen LogP contribution in [0.25, 0.3) is 0 Å². The first-order valence-electron chi connectivity index (χ1n) is 7.62. The lowest BCUT2D eigenvalue weighted by molar-refractivity contribution is -0.144. The molecule has 1 aromatic rings. The number of rotatable bonds is 5. The molecule has 110 valence electrons. The number of piperidine rings is 1. The Labute approximate surface area is 119 Å². The van der Waals surface area contributed by atoms with Gasteiger partial charge in [0.1, 0.15) is 6.10 Å². The fourth-order valence-electron chi connectivity index (χ4n) is 2.78. The van der Waals surface area contributed by atoms with Gasteiger partial charge in [0.25, 0.3) is 5.91 Å². The van der Waals surface area contributed by atoms with Crippen LogP contribution in [0.4, 0.5) is 0 Å². The third-order valence-corrected chi connectivity index (χ3v) is 4.28. The van der Waals surface area contributed by atoms with Crippen molar-refractivity contribution < 1.29 is 9.53 Å². The van der Waals surface area contributed by atoms with Crippen molar-refractivity contribution >= 4 is 5.91 Å². The third-order valence-electron chi connectivity index (χ3n) is 4.28. The molecule has 0 aromatic carbocycles. The van der Waals surface area contributed by atoms with E-state index in [0.29, 0.717) is 12.0 Å². The summed E-state index contributed by atoms with van der Waals surface area (Å²) in [6.45, 7) is 4.24. The molecule has 0 radical (unpaired) electrons. The molecular formula is C15H23N3O2. The molecule has 2 fully saturated rings. The van der Waals surface area contributed by atoms with Crippen molar-refractivity contribution in [2.75, 3.05) is 19.7 Å². The van der Waals surface area contributed by atoms with Crippen LogP contribution in [0.1, 0.15) is 38.6 Å². The highest BCUT2D eigenvalue weighted by Gasteiger charge is 2.29. The second-order valence-corrected chi connectivity index (χ2v) is 6.01. The number of imidazole rings is 1. The van der Waals surface area contributed by atoms with Gasteiger partial charge in [-0.1, -0.05) is 0 Å². The Balaban J connectivity index is 1.53. The number of carbonyl (C=O) groups is 1. The number of carbonyl (C=O) groups excluding carboxylic acids is 1. The molecular weight excluding hydrogens is 254 g/mol. The molecule has 0 N–H and O–H groups in total. The van der Waals surface area contributed by atoms with Crippen LogP contribution in [0, 0.1) is 5.92 Å². The van der Waals surface area contributed by atoms with E-state index < -0.39 is 0 Å². The third kappa shape index (κ3) is 3.20. The van der Waals surface area contributed by atoms with Gasteiger partial charge in [-0.2, -0.15) is 0 Å². The van der Waals surface area contributed by atoms with Crippen LogP contribution in [0.2, 0.25) is 0 Å². The molecule has 2 heterocycles. The molecule has 0 spiro atoms. The Hall–Kier alpha value is -1.36. The number of nitrogens with zero attached hydrogens (tertiary/aromatic N) is 3. The maximum Gasteiger partial charge on any atom is 0.251 e. The smallest absolute Gasteiger partial charge is 0.251 e. The van der Waals surface area contributed by atoms with Gasteiger partial charge in [-0.15, -0.1) is 0 Å². The van der Waals surface area contributed by atoms with Crippen LogP contribution in [-0.4, -0.2) is 46.2 Å². The number of ether oxygens (including phenoxy) is 1. The zero-order valence-electron chi connectivity index (χ0n) is 12.1. The Bertz CT molecular complexity index is 442. The fraction of sp³-hybridized carbons (Fsp3) is 0.733. The average molecular weight is 277 g/mol. The molecule has 5 heteroatoms. The zero-order valence-corrected chi connectivity index (χ0v) is 12.1. The minimum absolute atomic E-state index is 0.135. The maximum atomic E-state index is 12.4. The summed E-state index contributed by atoms with van der Waals surface area (Å²) in [6, 6.07) is 0.353. The molecule has 5 nitrogen and oxygen atoms in total. The lowest BCUT2D eigenvalue weighted by Gasteiger charge is -2.34. The van der Waals surface area contributed by atoms with Crippen LogP contribution in [-0.2, 0) is 9.53 Å². The van der Waals surface area contributed by atoms with E-state index in [1.54, 1.807) is 6.20 Å². The summed E-state index contributed by atoms with van der Waals surface area (Å²) >= 11 is 0. The summed E-state index contributed by atoms with van der Waals surface area (Å²) in [5.74, 6) is 0.834. The molecule has 1 amide bonds. The lowest BCUT2D eigenvalue weighted by atomic mass is 10.1. The highest BCUT2D eigenvalue weighted by Crippen LogP contribution is 2.29. The van der Waals surface area contributed by atoms with Gasteiger partial charge in [-0.25, -0.2) is 4.98 Å². The molecule has 0 bridgehead atoms. The second-order valence-electron chi connectivity index (χ2n) is 6.01. The predicted octanol–water partition coefficient (Wildman–Crippen LogP) is 1.86. The SMILES string of the molecule is C[C@@H](OCC1CC1)C(=O)N1CCC[C@@H](n2ccnc2)C1. The molecule has 1 aliphatic carbocycles. The van der Waals surface area contributed by atoms with E-state index >= 15 is 0 Å². The van der Waals surface area contributed by atoms with Crippen molar-refractivity contribution in [3.63, 3.8) is 0 Å². The monoisotopic (exact) mass is 277 g/mol. The van der Waals surface area contributed by atoms with Crippen molar-refractivity contribution in [1.82, 2.24) is 14.5 Å².